The SMILES string of the molecule is Cc1nc(N2CC(OC3CCCCO3)C2)cc(-n2ncc3cc(Cl)c(C4CCN(C(=O)OC(C)(C)C)CC4)cc32)n1. The molecule has 2 aromatic heterocycles. The average Bonchev–Trinajstić information content (AvgIpc) is 3.32. The lowest BCUT2D eigenvalue weighted by molar-refractivity contribution is -0.191. The maximum absolute atomic E-state index is 12.5. The summed E-state index contributed by atoms with van der Waals surface area (Å²) >= 11 is 6.78. The van der Waals surface area contributed by atoms with Crippen LogP contribution in [0.2, 0.25) is 5.02 Å². The Labute approximate surface area is 245 Å². The van der Waals surface area contributed by atoms with Crippen molar-refractivity contribution in [3.8, 4) is 5.82 Å². The highest BCUT2D eigenvalue weighted by Crippen LogP contribution is 2.36. The van der Waals surface area contributed by atoms with E-state index in [0.717, 1.165) is 84.9 Å². The molecule has 3 aliphatic heterocycles. The first-order chi connectivity index (χ1) is 19.6. The first kappa shape index (κ1) is 28.2. The van der Waals surface area contributed by atoms with Gasteiger partial charge in [-0.15, -0.1) is 0 Å². The van der Waals surface area contributed by atoms with Crippen molar-refractivity contribution in [1.29, 1.82) is 0 Å². The maximum Gasteiger partial charge on any atom is 0.410 e. The quantitative estimate of drug-likeness (QED) is 0.382. The van der Waals surface area contributed by atoms with Crippen molar-refractivity contribution in [2.45, 2.75) is 83.7 Å². The molecule has 41 heavy (non-hydrogen) atoms. The van der Waals surface area contributed by atoms with Crippen LogP contribution in [0.25, 0.3) is 16.7 Å². The third-order valence-electron chi connectivity index (χ3n) is 7.96. The summed E-state index contributed by atoms with van der Waals surface area (Å²) < 4.78 is 19.3. The second-order valence-electron chi connectivity index (χ2n) is 12.3. The highest BCUT2D eigenvalue weighted by Gasteiger charge is 2.33. The number of rotatable bonds is 5. The Morgan fingerprint density at radius 2 is 1.80 bits per heavy atom. The van der Waals surface area contributed by atoms with Crippen molar-refractivity contribution in [1.82, 2.24) is 24.6 Å². The second kappa shape index (κ2) is 11.4. The Hall–Kier alpha value is -2.95. The molecule has 11 heteroatoms. The van der Waals surface area contributed by atoms with E-state index in [1.807, 2.05) is 50.7 Å². The fraction of sp³-hybridized carbons (Fsp3) is 0.600. The lowest BCUT2D eigenvalue weighted by atomic mass is 9.89. The van der Waals surface area contributed by atoms with Gasteiger partial charge in [0, 0.05) is 49.3 Å². The molecular weight excluding hydrogens is 544 g/mol. The van der Waals surface area contributed by atoms with Crippen LogP contribution in [0.5, 0.6) is 0 Å². The van der Waals surface area contributed by atoms with E-state index in [1.54, 1.807) is 4.90 Å². The van der Waals surface area contributed by atoms with Crippen LogP contribution in [0.1, 0.15) is 70.2 Å². The first-order valence-electron chi connectivity index (χ1n) is 14.7. The number of benzene rings is 1. The molecule has 0 radical (unpaired) electrons. The molecule has 10 nitrogen and oxygen atoms in total. The van der Waals surface area contributed by atoms with Crippen LogP contribution in [-0.4, -0.2) is 81.5 Å². The van der Waals surface area contributed by atoms with Crippen molar-refractivity contribution < 1.29 is 19.0 Å². The fourth-order valence-electron chi connectivity index (χ4n) is 5.81. The van der Waals surface area contributed by atoms with Crippen LogP contribution in [-0.2, 0) is 14.2 Å². The summed E-state index contributed by atoms with van der Waals surface area (Å²) in [6.45, 7) is 11.2. The highest BCUT2D eigenvalue weighted by molar-refractivity contribution is 6.32. The number of hydrogen-bond acceptors (Lipinski definition) is 8. The van der Waals surface area contributed by atoms with Gasteiger partial charge in [-0.25, -0.2) is 19.4 Å². The predicted molar refractivity (Wildman–Crippen MR) is 157 cm³/mol. The molecule has 1 aromatic carbocycles. The van der Waals surface area contributed by atoms with Crippen LogP contribution in [0.15, 0.2) is 24.4 Å². The summed E-state index contributed by atoms with van der Waals surface area (Å²) in [5.41, 5.74) is 1.51. The van der Waals surface area contributed by atoms with Gasteiger partial charge in [0.25, 0.3) is 0 Å². The number of ether oxygens (including phenoxy) is 3. The predicted octanol–water partition coefficient (Wildman–Crippen LogP) is 5.62. The van der Waals surface area contributed by atoms with E-state index >= 15 is 0 Å². The Morgan fingerprint density at radius 3 is 2.51 bits per heavy atom. The Bertz CT molecular complexity index is 1400. The number of aromatic nitrogens is 4. The molecule has 0 saturated carbocycles. The highest BCUT2D eigenvalue weighted by atomic mass is 35.5. The number of fused-ring (bicyclic) bond motifs is 1. The summed E-state index contributed by atoms with van der Waals surface area (Å²) in [4.78, 5) is 26.0. The molecule has 3 fully saturated rings. The molecular formula is C30H39ClN6O4. The van der Waals surface area contributed by atoms with Gasteiger partial charge in [0.2, 0.25) is 0 Å². The van der Waals surface area contributed by atoms with Gasteiger partial charge in [-0.05, 0) is 83.4 Å². The summed E-state index contributed by atoms with van der Waals surface area (Å²) in [7, 11) is 0. The summed E-state index contributed by atoms with van der Waals surface area (Å²) in [5.74, 6) is 2.51. The Kier molecular flexibility index (Phi) is 7.82. The number of hydrogen-bond donors (Lipinski definition) is 0. The smallest absolute Gasteiger partial charge is 0.410 e. The van der Waals surface area contributed by atoms with Crippen LogP contribution in [0.4, 0.5) is 10.6 Å². The number of likely N-dealkylation sites (tertiary alicyclic amines) is 1. The van der Waals surface area contributed by atoms with Crippen molar-refractivity contribution in [2.24, 2.45) is 0 Å². The number of halogens is 1. The van der Waals surface area contributed by atoms with Crippen molar-refractivity contribution >= 4 is 34.4 Å². The minimum absolute atomic E-state index is 0.0837. The lowest BCUT2D eigenvalue weighted by Gasteiger charge is -2.41. The summed E-state index contributed by atoms with van der Waals surface area (Å²) in [5, 5.41) is 6.35. The van der Waals surface area contributed by atoms with E-state index in [2.05, 4.69) is 16.1 Å². The largest absolute Gasteiger partial charge is 0.444 e. The molecule has 3 aliphatic rings. The molecule has 220 valence electrons. The number of amides is 1. The molecule has 1 atom stereocenters. The minimum atomic E-state index is -0.505. The second-order valence-corrected chi connectivity index (χ2v) is 12.7. The molecule has 6 rings (SSSR count). The van der Waals surface area contributed by atoms with E-state index < -0.39 is 5.60 Å². The molecule has 1 unspecified atom stereocenters. The first-order valence-corrected chi connectivity index (χ1v) is 15.0. The van der Waals surface area contributed by atoms with Gasteiger partial charge in [-0.1, -0.05) is 11.6 Å². The van der Waals surface area contributed by atoms with E-state index in [0.29, 0.717) is 18.9 Å². The van der Waals surface area contributed by atoms with Crippen molar-refractivity contribution in [3.63, 3.8) is 0 Å². The van der Waals surface area contributed by atoms with Gasteiger partial charge >= 0.3 is 6.09 Å². The average molecular weight is 583 g/mol. The zero-order chi connectivity index (χ0) is 28.7. The summed E-state index contributed by atoms with van der Waals surface area (Å²) in [6, 6.07) is 6.10. The van der Waals surface area contributed by atoms with Gasteiger partial charge in [0.1, 0.15) is 17.2 Å². The van der Waals surface area contributed by atoms with Gasteiger partial charge in [0.05, 0.1) is 17.8 Å². The molecule has 0 spiro atoms. The van der Waals surface area contributed by atoms with E-state index in [-0.39, 0.29) is 24.4 Å². The monoisotopic (exact) mass is 582 g/mol. The number of anilines is 1. The molecule has 3 saturated heterocycles. The number of nitrogens with zero attached hydrogens (tertiary/aromatic N) is 6. The Morgan fingerprint density at radius 1 is 1.05 bits per heavy atom. The molecule has 0 aliphatic carbocycles. The molecule has 0 bridgehead atoms. The standard InChI is InChI=1S/C30H39ClN6O4/c1-19-33-26(36-17-22(18-36)40-28-7-5-6-12-39-28)15-27(34-19)37-25-14-23(24(31)13-21(25)16-32-37)20-8-10-35(11-9-20)29(38)41-30(2,3)4/h13-16,20,22,28H,5-12,17-18H2,1-4H3. The number of carbonyl (C=O) groups is 1. The van der Waals surface area contributed by atoms with Crippen molar-refractivity contribution in [3.05, 3.63) is 40.8 Å². The topological polar surface area (TPSA) is 94.8 Å². The summed E-state index contributed by atoms with van der Waals surface area (Å²) in [6.07, 6.45) is 6.51. The van der Waals surface area contributed by atoms with Crippen LogP contribution in [0.3, 0.4) is 0 Å². The third kappa shape index (κ3) is 6.29. The van der Waals surface area contributed by atoms with Crippen LogP contribution >= 0.6 is 11.6 Å². The lowest BCUT2D eigenvalue weighted by Crippen LogP contribution is -2.54. The zero-order valence-corrected chi connectivity index (χ0v) is 25.1. The number of piperidine rings is 1. The molecule has 0 N–H and O–H groups in total. The van der Waals surface area contributed by atoms with Crippen LogP contribution in [0, 0.1) is 6.92 Å². The normalized spacial score (nSPS) is 20.9. The third-order valence-corrected chi connectivity index (χ3v) is 8.28. The maximum atomic E-state index is 12.5. The molecule has 1 amide bonds. The van der Waals surface area contributed by atoms with Gasteiger partial charge in [-0.2, -0.15) is 5.10 Å². The van der Waals surface area contributed by atoms with Crippen molar-refractivity contribution in [2.75, 3.05) is 37.7 Å². The number of aryl methyl sites for hydroxylation is 1. The fourth-order valence-corrected chi connectivity index (χ4v) is 6.14. The van der Waals surface area contributed by atoms with Crippen LogP contribution < -0.4 is 4.90 Å². The van der Waals surface area contributed by atoms with Gasteiger partial charge in [0.15, 0.2) is 12.1 Å². The van der Waals surface area contributed by atoms with E-state index in [1.165, 1.54) is 0 Å². The molecule has 5 heterocycles. The zero-order valence-electron chi connectivity index (χ0n) is 24.3. The van der Waals surface area contributed by atoms with E-state index in [4.69, 9.17) is 35.8 Å². The Balaban J connectivity index is 1.17. The van der Waals surface area contributed by atoms with E-state index in [9.17, 15) is 4.79 Å². The number of carbonyl (C=O) groups excluding carboxylic acids is 1. The minimum Gasteiger partial charge on any atom is -0.444 e. The molecule has 3 aromatic rings. The van der Waals surface area contributed by atoms with Gasteiger partial charge in [-0.3, -0.25) is 0 Å². The van der Waals surface area contributed by atoms with Gasteiger partial charge < -0.3 is 24.0 Å².